The van der Waals surface area contributed by atoms with Gasteiger partial charge in [0, 0.05) is 13.1 Å². The summed E-state index contributed by atoms with van der Waals surface area (Å²) in [4.78, 5) is 4.35. The molecule has 154 valence electrons. The summed E-state index contributed by atoms with van der Waals surface area (Å²) in [5.41, 5.74) is 1.04. The average molecular weight is 505 g/mol. The third-order valence-corrected chi connectivity index (χ3v) is 3.96. The number of methoxy groups -OCH3 is 1. The van der Waals surface area contributed by atoms with E-state index in [9.17, 15) is 13.9 Å². The van der Waals surface area contributed by atoms with Crippen LogP contribution < -0.4 is 15.4 Å². The van der Waals surface area contributed by atoms with E-state index < -0.39 is 17.7 Å². The Morgan fingerprint density at radius 2 is 1.86 bits per heavy atom. The fourth-order valence-corrected chi connectivity index (χ4v) is 2.50. The van der Waals surface area contributed by atoms with Crippen molar-refractivity contribution < 1.29 is 18.6 Å². The SMILES string of the molecule is CCNC(=NCC(O)c1ccc(OC)cc1)NCCc1cc(F)ccc1F.I. The summed E-state index contributed by atoms with van der Waals surface area (Å²) < 4.78 is 32.0. The number of hydrogen-bond donors (Lipinski definition) is 3. The summed E-state index contributed by atoms with van der Waals surface area (Å²) in [6.45, 7) is 3.10. The van der Waals surface area contributed by atoms with Gasteiger partial charge in [0.25, 0.3) is 0 Å². The van der Waals surface area contributed by atoms with Gasteiger partial charge >= 0.3 is 0 Å². The molecule has 0 aliphatic carbocycles. The maximum absolute atomic E-state index is 13.7. The molecule has 2 aromatic rings. The molecule has 2 aromatic carbocycles. The van der Waals surface area contributed by atoms with Crippen LogP contribution in [0.5, 0.6) is 5.75 Å². The Bertz CT molecular complexity index is 758. The van der Waals surface area contributed by atoms with Gasteiger partial charge in [0.15, 0.2) is 5.96 Å². The lowest BCUT2D eigenvalue weighted by molar-refractivity contribution is 0.187. The van der Waals surface area contributed by atoms with Gasteiger partial charge in [-0.25, -0.2) is 8.78 Å². The lowest BCUT2D eigenvalue weighted by Gasteiger charge is -2.14. The van der Waals surface area contributed by atoms with E-state index in [0.717, 1.165) is 17.7 Å². The lowest BCUT2D eigenvalue weighted by Crippen LogP contribution is -2.38. The van der Waals surface area contributed by atoms with Crippen LogP contribution in [0.3, 0.4) is 0 Å². The van der Waals surface area contributed by atoms with Crippen molar-refractivity contribution in [1.29, 1.82) is 0 Å². The molecule has 1 unspecified atom stereocenters. The number of benzene rings is 2. The lowest BCUT2D eigenvalue weighted by atomic mass is 10.1. The summed E-state index contributed by atoms with van der Waals surface area (Å²) in [5, 5.41) is 16.4. The van der Waals surface area contributed by atoms with Crippen molar-refractivity contribution in [3.63, 3.8) is 0 Å². The quantitative estimate of drug-likeness (QED) is 0.292. The first-order valence-corrected chi connectivity index (χ1v) is 8.81. The Labute approximate surface area is 181 Å². The monoisotopic (exact) mass is 505 g/mol. The van der Waals surface area contributed by atoms with E-state index in [1.165, 1.54) is 6.07 Å². The van der Waals surface area contributed by atoms with Crippen molar-refractivity contribution in [2.45, 2.75) is 19.4 Å². The van der Waals surface area contributed by atoms with Crippen molar-refractivity contribution in [3.05, 3.63) is 65.2 Å². The highest BCUT2D eigenvalue weighted by Crippen LogP contribution is 2.17. The molecule has 1 atom stereocenters. The first-order chi connectivity index (χ1) is 13.0. The molecule has 0 saturated carbocycles. The van der Waals surface area contributed by atoms with Crippen molar-refractivity contribution in [2.24, 2.45) is 4.99 Å². The number of aliphatic imine (C=N–C) groups is 1. The number of aliphatic hydroxyl groups excluding tert-OH is 1. The van der Waals surface area contributed by atoms with Crippen LogP contribution in [-0.2, 0) is 6.42 Å². The first-order valence-electron chi connectivity index (χ1n) is 8.81. The fourth-order valence-electron chi connectivity index (χ4n) is 2.50. The summed E-state index contributed by atoms with van der Waals surface area (Å²) in [7, 11) is 1.58. The van der Waals surface area contributed by atoms with Gasteiger partial charge in [-0.2, -0.15) is 0 Å². The summed E-state index contributed by atoms with van der Waals surface area (Å²) in [5.74, 6) is 0.320. The number of aliphatic hydroxyl groups is 1. The second-order valence-electron chi connectivity index (χ2n) is 5.92. The van der Waals surface area contributed by atoms with Crippen LogP contribution in [0, 0.1) is 11.6 Å². The topological polar surface area (TPSA) is 65.9 Å². The molecule has 8 heteroatoms. The van der Waals surface area contributed by atoms with Gasteiger partial charge in [-0.05, 0) is 54.8 Å². The second kappa shape index (κ2) is 12.5. The van der Waals surface area contributed by atoms with Gasteiger partial charge in [-0.3, -0.25) is 4.99 Å². The third kappa shape index (κ3) is 7.59. The molecule has 0 aliphatic rings. The van der Waals surface area contributed by atoms with Gasteiger partial charge in [0.1, 0.15) is 17.4 Å². The highest BCUT2D eigenvalue weighted by Gasteiger charge is 2.08. The van der Waals surface area contributed by atoms with E-state index in [2.05, 4.69) is 15.6 Å². The predicted molar refractivity (Wildman–Crippen MR) is 117 cm³/mol. The first kappa shape index (κ1) is 24.1. The van der Waals surface area contributed by atoms with Crippen LogP contribution in [0.1, 0.15) is 24.2 Å². The molecule has 0 saturated heterocycles. The second-order valence-corrected chi connectivity index (χ2v) is 5.92. The molecule has 3 N–H and O–H groups in total. The zero-order valence-electron chi connectivity index (χ0n) is 15.9. The van der Waals surface area contributed by atoms with E-state index in [1.807, 2.05) is 6.92 Å². The van der Waals surface area contributed by atoms with Gasteiger partial charge in [0.2, 0.25) is 0 Å². The zero-order valence-corrected chi connectivity index (χ0v) is 18.2. The maximum Gasteiger partial charge on any atom is 0.191 e. The Morgan fingerprint density at radius 1 is 1.14 bits per heavy atom. The Balaban J connectivity index is 0.00000392. The minimum Gasteiger partial charge on any atom is -0.497 e. The van der Waals surface area contributed by atoms with E-state index in [0.29, 0.717) is 36.8 Å². The Morgan fingerprint density at radius 3 is 2.50 bits per heavy atom. The van der Waals surface area contributed by atoms with Gasteiger partial charge in [0.05, 0.1) is 19.8 Å². The minimum atomic E-state index is -0.757. The molecule has 0 heterocycles. The molecule has 0 spiro atoms. The number of halogens is 3. The highest BCUT2D eigenvalue weighted by atomic mass is 127. The van der Waals surface area contributed by atoms with Crippen molar-refractivity contribution >= 4 is 29.9 Å². The number of ether oxygens (including phenoxy) is 1. The average Bonchev–Trinajstić information content (AvgIpc) is 2.68. The Kier molecular flexibility index (Phi) is 10.8. The molecule has 2 rings (SSSR count). The number of hydrogen-bond acceptors (Lipinski definition) is 3. The van der Waals surface area contributed by atoms with Gasteiger partial charge in [-0.1, -0.05) is 12.1 Å². The largest absolute Gasteiger partial charge is 0.497 e. The molecule has 0 aromatic heterocycles. The molecule has 0 aliphatic heterocycles. The maximum atomic E-state index is 13.7. The minimum absolute atomic E-state index is 0. The number of nitrogens with one attached hydrogen (secondary N) is 2. The van der Waals surface area contributed by atoms with Crippen LogP contribution in [0.25, 0.3) is 0 Å². The molecule has 0 radical (unpaired) electrons. The summed E-state index contributed by atoms with van der Waals surface area (Å²) in [6.07, 6.45) is -0.443. The number of rotatable bonds is 8. The van der Waals surface area contributed by atoms with Gasteiger partial charge in [-0.15, -0.1) is 24.0 Å². The van der Waals surface area contributed by atoms with Crippen LogP contribution in [-0.4, -0.2) is 37.8 Å². The van der Waals surface area contributed by atoms with E-state index in [1.54, 1.807) is 31.4 Å². The van der Waals surface area contributed by atoms with Crippen LogP contribution >= 0.6 is 24.0 Å². The molecule has 28 heavy (non-hydrogen) atoms. The smallest absolute Gasteiger partial charge is 0.191 e. The third-order valence-electron chi connectivity index (χ3n) is 3.96. The van der Waals surface area contributed by atoms with Gasteiger partial charge < -0.3 is 20.5 Å². The van der Waals surface area contributed by atoms with E-state index >= 15 is 0 Å². The molecular weight excluding hydrogens is 479 g/mol. The normalized spacial score (nSPS) is 12.1. The molecular formula is C20H26F2IN3O2. The standard InChI is InChI=1S/C20H25F2N3O2.HI/c1-3-23-20(24-11-10-15-12-16(21)6-9-18(15)22)25-13-19(26)14-4-7-17(27-2)8-5-14;/h4-9,12,19,26H,3,10-11,13H2,1-2H3,(H2,23,24,25);1H. The summed E-state index contributed by atoms with van der Waals surface area (Å²) >= 11 is 0. The number of guanidine groups is 1. The molecule has 5 nitrogen and oxygen atoms in total. The van der Waals surface area contributed by atoms with E-state index in [4.69, 9.17) is 4.74 Å². The van der Waals surface area contributed by atoms with Crippen LogP contribution in [0.4, 0.5) is 8.78 Å². The van der Waals surface area contributed by atoms with Crippen molar-refractivity contribution in [2.75, 3.05) is 26.7 Å². The molecule has 0 fully saturated rings. The van der Waals surface area contributed by atoms with Crippen LogP contribution in [0.15, 0.2) is 47.5 Å². The predicted octanol–water partition coefficient (Wildman–Crippen LogP) is 3.42. The highest BCUT2D eigenvalue weighted by molar-refractivity contribution is 14.0. The van der Waals surface area contributed by atoms with Crippen molar-refractivity contribution in [1.82, 2.24) is 10.6 Å². The summed E-state index contributed by atoms with van der Waals surface area (Å²) in [6, 6.07) is 10.5. The molecule has 0 bridgehead atoms. The van der Waals surface area contributed by atoms with Crippen molar-refractivity contribution in [3.8, 4) is 5.75 Å². The number of nitrogens with zero attached hydrogens (tertiary/aromatic N) is 1. The fraction of sp³-hybridized carbons (Fsp3) is 0.350. The Hall–Kier alpha value is -1.94. The van der Waals surface area contributed by atoms with E-state index in [-0.39, 0.29) is 30.5 Å². The van der Waals surface area contributed by atoms with Crippen LogP contribution in [0.2, 0.25) is 0 Å². The molecule has 0 amide bonds. The zero-order chi connectivity index (χ0) is 19.6.